The zero-order valence-electron chi connectivity index (χ0n) is 6.66. The summed E-state index contributed by atoms with van der Waals surface area (Å²) in [6, 6.07) is 4.47. The molecule has 0 heterocycles. The van der Waals surface area contributed by atoms with Crippen LogP contribution in [0, 0.1) is 10.1 Å². The van der Waals surface area contributed by atoms with Crippen LogP contribution in [0.15, 0.2) is 33.0 Å². The second-order valence-corrected chi connectivity index (χ2v) is 4.33. The molecular weight excluding hydrogens is 232 g/mol. The van der Waals surface area contributed by atoms with E-state index in [1.807, 2.05) is 0 Å². The lowest BCUT2D eigenvalue weighted by Crippen LogP contribution is -1.97. The molecule has 0 amide bonds. The fraction of sp³-hybridized carbons (Fsp3) is 0. The first kappa shape index (κ1) is 10.9. The van der Waals surface area contributed by atoms with Crippen molar-refractivity contribution in [2.24, 2.45) is 3.88 Å². The van der Waals surface area contributed by atoms with Gasteiger partial charge in [-0.2, -0.15) is 0 Å². The van der Waals surface area contributed by atoms with E-state index in [0.717, 1.165) is 24.3 Å². The number of halogens is 1. The van der Waals surface area contributed by atoms with Crippen LogP contribution in [0.25, 0.3) is 0 Å². The smallest absolute Gasteiger partial charge is 0.269 e. The second-order valence-electron chi connectivity index (χ2n) is 2.32. The maximum absolute atomic E-state index is 11.1. The van der Waals surface area contributed by atoms with Gasteiger partial charge in [-0.1, -0.05) is 3.88 Å². The van der Waals surface area contributed by atoms with E-state index >= 15 is 0 Å². The molecule has 6 nitrogen and oxygen atoms in total. The van der Waals surface area contributed by atoms with Crippen molar-refractivity contribution < 1.29 is 13.7 Å². The van der Waals surface area contributed by atoms with Crippen molar-refractivity contribution in [3.63, 3.8) is 0 Å². The van der Waals surface area contributed by atoms with Crippen molar-refractivity contribution in [1.29, 1.82) is 0 Å². The van der Waals surface area contributed by atoms with Crippen LogP contribution in [0.1, 0.15) is 0 Å². The molecule has 0 saturated carbocycles. The molecular formula is C6H5ClN2O4S. The Balaban J connectivity index is 3.19. The minimum Gasteiger partial charge on any atom is -0.296 e. The number of rotatable bonds is 2. The molecule has 0 spiro atoms. The lowest BCUT2D eigenvalue weighted by molar-refractivity contribution is -0.384. The van der Waals surface area contributed by atoms with E-state index in [9.17, 15) is 14.3 Å². The molecule has 0 aliphatic rings. The zero-order valence-corrected chi connectivity index (χ0v) is 8.23. The third-order valence-electron chi connectivity index (χ3n) is 1.45. The molecule has 1 aromatic carbocycles. The molecule has 0 aliphatic carbocycles. The highest BCUT2D eigenvalue weighted by molar-refractivity contribution is 7.88. The van der Waals surface area contributed by atoms with Gasteiger partial charge >= 0.3 is 0 Å². The number of hydrogen-bond acceptors (Lipinski definition) is 4. The number of benzene rings is 1. The number of nitro benzene ring substituents is 1. The summed E-state index contributed by atoms with van der Waals surface area (Å²) >= 11 is 4.90. The van der Waals surface area contributed by atoms with Gasteiger partial charge in [-0.05, 0) is 12.1 Å². The van der Waals surface area contributed by atoms with Crippen molar-refractivity contribution in [2.45, 2.75) is 4.90 Å². The summed E-state index contributed by atoms with van der Waals surface area (Å²) in [6.45, 7) is 0. The lowest BCUT2D eigenvalue weighted by atomic mass is 10.3. The highest BCUT2D eigenvalue weighted by Crippen LogP contribution is 2.17. The summed E-state index contributed by atoms with van der Waals surface area (Å²) in [5.74, 6) is 0. The van der Waals surface area contributed by atoms with E-state index in [1.165, 1.54) is 0 Å². The first-order valence-electron chi connectivity index (χ1n) is 3.32. The summed E-state index contributed by atoms with van der Waals surface area (Å²) in [4.78, 5) is 9.57. The number of nitrogens with zero attached hydrogens (tertiary/aromatic N) is 2. The standard InChI is InChI=1S/C6H5ClN2O4S/c7-8-14(12,13)6-3-1-5(2-4-6)9(10)11/h1-4H,(H,8,12,13). The van der Waals surface area contributed by atoms with Gasteiger partial charge in [0.1, 0.15) is 0 Å². The van der Waals surface area contributed by atoms with Gasteiger partial charge in [0.15, 0.2) is 0 Å². The van der Waals surface area contributed by atoms with E-state index in [1.54, 1.807) is 0 Å². The monoisotopic (exact) mass is 236 g/mol. The Morgan fingerprint density at radius 1 is 1.43 bits per heavy atom. The summed E-state index contributed by atoms with van der Waals surface area (Å²) in [6.07, 6.45) is 0. The van der Waals surface area contributed by atoms with Crippen LogP contribution < -0.4 is 0 Å². The van der Waals surface area contributed by atoms with E-state index in [-0.39, 0.29) is 10.6 Å². The van der Waals surface area contributed by atoms with Gasteiger partial charge in [-0.25, -0.2) is 4.21 Å². The van der Waals surface area contributed by atoms with Gasteiger partial charge in [0.25, 0.3) is 5.69 Å². The largest absolute Gasteiger partial charge is 0.296 e. The Bertz CT molecular complexity index is 463. The minimum atomic E-state index is -3.62. The van der Waals surface area contributed by atoms with Crippen molar-refractivity contribution in [2.75, 3.05) is 0 Å². The third kappa shape index (κ3) is 2.19. The van der Waals surface area contributed by atoms with Crippen LogP contribution in [-0.2, 0) is 10.0 Å². The van der Waals surface area contributed by atoms with Crippen LogP contribution in [0.3, 0.4) is 0 Å². The summed E-state index contributed by atoms with van der Waals surface area (Å²) < 4.78 is 23.0. The van der Waals surface area contributed by atoms with E-state index in [0.29, 0.717) is 0 Å². The van der Waals surface area contributed by atoms with Crippen LogP contribution in [0.4, 0.5) is 5.69 Å². The van der Waals surface area contributed by atoms with Gasteiger partial charge in [-0.3, -0.25) is 14.7 Å². The Morgan fingerprint density at radius 2 is 1.93 bits per heavy atom. The summed E-state index contributed by atoms with van der Waals surface area (Å²) in [5, 5.41) is 10.3. The van der Waals surface area contributed by atoms with Crippen LogP contribution in [-0.4, -0.2) is 13.7 Å². The predicted molar refractivity (Wildman–Crippen MR) is 50.4 cm³/mol. The third-order valence-corrected chi connectivity index (χ3v) is 3.08. The Labute approximate surface area is 84.8 Å². The molecule has 0 saturated heterocycles. The van der Waals surface area contributed by atoms with Gasteiger partial charge in [0.05, 0.1) is 9.82 Å². The maximum Gasteiger partial charge on any atom is 0.269 e. The van der Waals surface area contributed by atoms with Gasteiger partial charge in [-0.15, -0.1) is 0 Å². The first-order chi connectivity index (χ1) is 6.47. The highest BCUT2D eigenvalue weighted by Gasteiger charge is 2.10. The minimum absolute atomic E-state index is 0.0712. The highest BCUT2D eigenvalue weighted by atomic mass is 35.5. The Morgan fingerprint density at radius 3 is 2.29 bits per heavy atom. The zero-order chi connectivity index (χ0) is 10.8. The molecule has 8 heteroatoms. The number of non-ortho nitro benzene ring substituents is 1. The molecule has 1 atom stereocenters. The summed E-state index contributed by atoms with van der Waals surface area (Å²) in [7, 11) is -3.62. The van der Waals surface area contributed by atoms with E-state index in [2.05, 4.69) is 3.88 Å². The second kappa shape index (κ2) is 3.91. The van der Waals surface area contributed by atoms with Crippen LogP contribution in [0.5, 0.6) is 0 Å². The van der Waals surface area contributed by atoms with E-state index in [4.69, 9.17) is 16.3 Å². The number of hydrogen-bond donors (Lipinski definition) is 1. The molecule has 1 N–H and O–H groups in total. The van der Waals surface area contributed by atoms with Crippen LogP contribution >= 0.6 is 11.8 Å². The van der Waals surface area contributed by atoms with Gasteiger partial charge in [0.2, 0.25) is 10.0 Å². The quantitative estimate of drug-likeness (QED) is 0.628. The molecule has 0 aliphatic heterocycles. The Kier molecular flexibility index (Phi) is 3.04. The SMILES string of the molecule is O=[N+]([O-])c1ccc(S(=O)(O)=NCl)cc1. The van der Waals surface area contributed by atoms with Gasteiger partial charge < -0.3 is 0 Å². The normalized spacial score (nSPS) is 14.4. The Hall–Kier alpha value is -1.18. The molecule has 0 fully saturated rings. The molecule has 1 rings (SSSR count). The van der Waals surface area contributed by atoms with Crippen LogP contribution in [0.2, 0.25) is 0 Å². The molecule has 0 aromatic heterocycles. The first-order valence-corrected chi connectivity index (χ1v) is 5.13. The molecule has 1 unspecified atom stereocenters. The number of nitro groups is 1. The lowest BCUT2D eigenvalue weighted by Gasteiger charge is -1.98. The molecule has 76 valence electrons. The maximum atomic E-state index is 11.1. The molecule has 1 aromatic rings. The van der Waals surface area contributed by atoms with Crippen molar-refractivity contribution >= 4 is 27.5 Å². The van der Waals surface area contributed by atoms with Crippen molar-refractivity contribution in [3.8, 4) is 0 Å². The van der Waals surface area contributed by atoms with Crippen molar-refractivity contribution in [1.82, 2.24) is 0 Å². The molecule has 14 heavy (non-hydrogen) atoms. The molecule has 0 bridgehead atoms. The fourth-order valence-corrected chi connectivity index (χ4v) is 1.59. The summed E-state index contributed by atoms with van der Waals surface area (Å²) in [5.41, 5.74) is -0.168. The topological polar surface area (TPSA) is 92.8 Å². The van der Waals surface area contributed by atoms with E-state index < -0.39 is 14.9 Å². The average Bonchev–Trinajstić information content (AvgIpc) is 2.18. The molecule has 0 radical (unpaired) electrons. The predicted octanol–water partition coefficient (Wildman–Crippen LogP) is 2.05. The van der Waals surface area contributed by atoms with Crippen molar-refractivity contribution in [3.05, 3.63) is 34.4 Å². The fourth-order valence-electron chi connectivity index (χ4n) is 0.785. The average molecular weight is 237 g/mol. The van der Waals surface area contributed by atoms with Gasteiger partial charge in [0, 0.05) is 23.9 Å².